The first-order valence-corrected chi connectivity index (χ1v) is 12.5. The zero-order chi connectivity index (χ0) is 24.0. The molecule has 0 fully saturated rings. The molecule has 35 heavy (non-hydrogen) atoms. The van der Waals surface area contributed by atoms with Crippen molar-refractivity contribution in [2.45, 2.75) is 25.7 Å². The third-order valence-corrected chi connectivity index (χ3v) is 7.08. The zero-order valence-electron chi connectivity index (χ0n) is 20.0. The van der Waals surface area contributed by atoms with Crippen LogP contribution in [0.3, 0.4) is 0 Å². The highest BCUT2D eigenvalue weighted by Gasteiger charge is 2.26. The van der Waals surface area contributed by atoms with Gasteiger partial charge in [0.25, 0.3) is 0 Å². The van der Waals surface area contributed by atoms with Crippen LogP contribution in [0.5, 0.6) is 0 Å². The molecule has 1 atom stereocenters. The Labute approximate surface area is 208 Å². The lowest BCUT2D eigenvalue weighted by Crippen LogP contribution is -2.20. The highest BCUT2D eigenvalue weighted by molar-refractivity contribution is 5.92. The molecule has 0 amide bonds. The highest BCUT2D eigenvalue weighted by Crippen LogP contribution is 2.41. The van der Waals surface area contributed by atoms with Gasteiger partial charge in [-0.2, -0.15) is 0 Å². The molecule has 3 aliphatic rings. The lowest BCUT2D eigenvalue weighted by atomic mass is 9.75. The maximum Gasteiger partial charge on any atom is 0.174 e. The van der Waals surface area contributed by atoms with Gasteiger partial charge in [-0.05, 0) is 94.5 Å². The van der Waals surface area contributed by atoms with E-state index in [1.54, 1.807) is 35.6 Å². The summed E-state index contributed by atoms with van der Waals surface area (Å²) in [4.78, 5) is 10.5. The summed E-state index contributed by atoms with van der Waals surface area (Å²) >= 11 is 0. The summed E-state index contributed by atoms with van der Waals surface area (Å²) in [5.74, 6) is 0.650. The number of aryl methyl sites for hydroxylation is 1. The van der Waals surface area contributed by atoms with Gasteiger partial charge in [0.05, 0.1) is 6.54 Å². The van der Waals surface area contributed by atoms with E-state index < -0.39 is 0 Å². The monoisotopic (exact) mass is 460 g/mol. The molecule has 2 aliphatic carbocycles. The van der Waals surface area contributed by atoms with Gasteiger partial charge in [-0.15, -0.1) is 0 Å². The van der Waals surface area contributed by atoms with Crippen LogP contribution >= 0.6 is 0 Å². The molecular weight excluding hydrogens is 428 g/mol. The molecular formula is C32H32N2O. The quantitative estimate of drug-likeness (QED) is 0.547. The van der Waals surface area contributed by atoms with Crippen LogP contribution in [0.2, 0.25) is 0 Å². The molecule has 1 heterocycles. The molecule has 1 unspecified atom stereocenters. The van der Waals surface area contributed by atoms with E-state index in [1.165, 1.54) is 33.4 Å². The minimum atomic E-state index is 0.120. The summed E-state index contributed by atoms with van der Waals surface area (Å²) in [7, 11) is 0. The number of hydrogen-bond acceptors (Lipinski definition) is 3. The molecule has 0 saturated heterocycles. The van der Waals surface area contributed by atoms with Crippen molar-refractivity contribution in [2.75, 3.05) is 13.1 Å². The first-order chi connectivity index (χ1) is 17.2. The molecule has 0 aromatic heterocycles. The van der Waals surface area contributed by atoms with Crippen LogP contribution in [-0.4, -0.2) is 18.9 Å². The molecule has 0 radical (unpaired) electrons. The smallest absolute Gasteiger partial charge is 0.174 e. The first kappa shape index (κ1) is 23.1. The van der Waals surface area contributed by atoms with Gasteiger partial charge < -0.3 is 11.1 Å². The van der Waals surface area contributed by atoms with E-state index in [-0.39, 0.29) is 5.78 Å². The van der Waals surface area contributed by atoms with E-state index in [1.807, 2.05) is 0 Å². The predicted molar refractivity (Wildman–Crippen MR) is 145 cm³/mol. The van der Waals surface area contributed by atoms with Crippen molar-refractivity contribution >= 4 is 11.4 Å². The number of benzene rings is 3. The standard InChI is InChI=1S/C26H25N.C6H7NO/c27-17-21-15-19(14-18-6-2-1-3-7-18)16-26-23(21)12-13-24-22-9-5-4-8-20(22)10-11-25(24)26;8-6-3-1-2-4-7-5-6/h1-9,12-13,15,19H,10-11,14,16-17,27H2;1-4,7H,5H2. The SMILES string of the molecule is NCC1=CC(Cc2ccccc2)Cc2c1ccc1c2CCc2ccccc2-1.O=C1C=CC=CNC1. The van der Waals surface area contributed by atoms with Gasteiger partial charge >= 0.3 is 0 Å². The van der Waals surface area contributed by atoms with Crippen molar-refractivity contribution < 1.29 is 4.79 Å². The minimum absolute atomic E-state index is 0.120. The van der Waals surface area contributed by atoms with Crippen molar-refractivity contribution in [3.05, 3.63) is 125 Å². The molecule has 3 nitrogen and oxygen atoms in total. The van der Waals surface area contributed by atoms with E-state index in [9.17, 15) is 4.79 Å². The lowest BCUT2D eigenvalue weighted by molar-refractivity contribution is -0.113. The number of fused-ring (bicyclic) bond motifs is 5. The molecule has 3 N–H and O–H groups in total. The minimum Gasteiger partial charge on any atom is -0.383 e. The Morgan fingerprint density at radius 1 is 0.829 bits per heavy atom. The van der Waals surface area contributed by atoms with Gasteiger partial charge in [-0.3, -0.25) is 4.79 Å². The fourth-order valence-corrected chi connectivity index (χ4v) is 5.45. The normalized spacial score (nSPS) is 17.6. The number of nitrogens with one attached hydrogen (secondary N) is 1. The van der Waals surface area contributed by atoms with Gasteiger partial charge in [0, 0.05) is 6.54 Å². The second kappa shape index (κ2) is 10.7. The summed E-state index contributed by atoms with van der Waals surface area (Å²) < 4.78 is 0. The number of carbonyl (C=O) groups is 1. The maximum absolute atomic E-state index is 10.5. The third kappa shape index (κ3) is 5.21. The molecule has 3 heteroatoms. The molecule has 3 aromatic rings. The lowest BCUT2D eigenvalue weighted by Gasteiger charge is -2.30. The largest absolute Gasteiger partial charge is 0.383 e. The number of rotatable bonds is 3. The Balaban J connectivity index is 0.000000271. The van der Waals surface area contributed by atoms with Crippen LogP contribution in [0.25, 0.3) is 16.7 Å². The fourth-order valence-electron chi connectivity index (χ4n) is 5.45. The summed E-state index contributed by atoms with van der Waals surface area (Å²) in [6.07, 6.45) is 13.8. The number of carbonyl (C=O) groups excluding carboxylic acids is 1. The Bertz CT molecular complexity index is 1300. The second-order valence-electron chi connectivity index (χ2n) is 9.39. The Morgan fingerprint density at radius 3 is 2.49 bits per heavy atom. The summed E-state index contributed by atoms with van der Waals surface area (Å²) in [6.45, 7) is 1.04. The van der Waals surface area contributed by atoms with E-state index in [2.05, 4.69) is 78.1 Å². The summed E-state index contributed by atoms with van der Waals surface area (Å²) in [5.41, 5.74) is 17.7. The topological polar surface area (TPSA) is 55.1 Å². The number of hydrogen-bond donors (Lipinski definition) is 2. The Kier molecular flexibility index (Phi) is 7.06. The van der Waals surface area contributed by atoms with Crippen LogP contribution in [-0.2, 0) is 30.5 Å². The molecule has 176 valence electrons. The van der Waals surface area contributed by atoms with Crippen molar-refractivity contribution in [3.8, 4) is 11.1 Å². The number of nitrogens with two attached hydrogens (primary N) is 1. The zero-order valence-corrected chi connectivity index (χ0v) is 20.0. The maximum atomic E-state index is 10.5. The van der Waals surface area contributed by atoms with Crippen LogP contribution in [0.15, 0.2) is 97.2 Å². The van der Waals surface area contributed by atoms with Gasteiger partial charge in [0.2, 0.25) is 0 Å². The molecule has 6 rings (SSSR count). The summed E-state index contributed by atoms with van der Waals surface area (Å²) in [6, 6.07) is 24.4. The highest BCUT2D eigenvalue weighted by atomic mass is 16.1. The van der Waals surface area contributed by atoms with Crippen LogP contribution in [0.1, 0.15) is 27.8 Å². The average molecular weight is 461 g/mol. The molecule has 0 spiro atoms. The van der Waals surface area contributed by atoms with Crippen molar-refractivity contribution in [1.29, 1.82) is 0 Å². The fraction of sp³-hybridized carbons (Fsp3) is 0.219. The third-order valence-electron chi connectivity index (χ3n) is 7.08. The van der Waals surface area contributed by atoms with Crippen LogP contribution in [0, 0.1) is 5.92 Å². The van der Waals surface area contributed by atoms with Gasteiger partial charge in [0.1, 0.15) is 0 Å². The number of ketones is 1. The van der Waals surface area contributed by atoms with E-state index in [0.717, 1.165) is 25.7 Å². The molecule has 0 saturated carbocycles. The molecule has 1 aliphatic heterocycles. The van der Waals surface area contributed by atoms with Crippen molar-refractivity contribution in [2.24, 2.45) is 11.7 Å². The Hall–Kier alpha value is -3.69. The van der Waals surface area contributed by atoms with Crippen molar-refractivity contribution in [1.82, 2.24) is 5.32 Å². The van der Waals surface area contributed by atoms with Crippen LogP contribution in [0.4, 0.5) is 0 Å². The van der Waals surface area contributed by atoms with Crippen LogP contribution < -0.4 is 11.1 Å². The van der Waals surface area contributed by atoms with E-state index >= 15 is 0 Å². The van der Waals surface area contributed by atoms with E-state index in [0.29, 0.717) is 19.0 Å². The first-order valence-electron chi connectivity index (χ1n) is 12.5. The average Bonchev–Trinajstić information content (AvgIpc) is 3.16. The Morgan fingerprint density at radius 2 is 1.63 bits per heavy atom. The predicted octanol–water partition coefficient (Wildman–Crippen LogP) is 5.44. The number of allylic oxidation sites excluding steroid dienone is 3. The van der Waals surface area contributed by atoms with E-state index in [4.69, 9.17) is 5.73 Å². The van der Waals surface area contributed by atoms with Gasteiger partial charge in [0.15, 0.2) is 5.78 Å². The van der Waals surface area contributed by atoms with Gasteiger partial charge in [-0.1, -0.05) is 78.9 Å². The summed E-state index contributed by atoms with van der Waals surface area (Å²) in [5, 5.41) is 2.80. The second-order valence-corrected chi connectivity index (χ2v) is 9.39. The van der Waals surface area contributed by atoms with Gasteiger partial charge in [-0.25, -0.2) is 0 Å². The van der Waals surface area contributed by atoms with Crippen molar-refractivity contribution in [3.63, 3.8) is 0 Å². The molecule has 0 bridgehead atoms. The molecule has 3 aromatic carbocycles.